The van der Waals surface area contributed by atoms with E-state index in [9.17, 15) is 4.79 Å². The summed E-state index contributed by atoms with van der Waals surface area (Å²) in [4.78, 5) is 21.7. The van der Waals surface area contributed by atoms with Crippen LogP contribution in [0.15, 0.2) is 23.1 Å². The van der Waals surface area contributed by atoms with E-state index in [0.29, 0.717) is 23.5 Å². The van der Waals surface area contributed by atoms with Crippen LogP contribution >= 0.6 is 0 Å². The van der Waals surface area contributed by atoms with E-state index in [4.69, 9.17) is 5.11 Å². The molecule has 2 aromatic heterocycles. The lowest BCUT2D eigenvalue weighted by Crippen LogP contribution is -2.18. The fourth-order valence-corrected chi connectivity index (χ4v) is 1.62. The summed E-state index contributed by atoms with van der Waals surface area (Å²) < 4.78 is 0. The second-order valence-corrected chi connectivity index (χ2v) is 3.54. The highest BCUT2D eigenvalue weighted by Gasteiger charge is 2.08. The molecule has 2 heterocycles. The van der Waals surface area contributed by atoms with Crippen LogP contribution < -0.4 is 5.56 Å². The van der Waals surface area contributed by atoms with Gasteiger partial charge in [0.1, 0.15) is 0 Å². The molecule has 2 aromatic rings. The van der Waals surface area contributed by atoms with E-state index < -0.39 is 0 Å². The molecule has 0 amide bonds. The predicted molar refractivity (Wildman–Crippen MR) is 60.2 cm³/mol. The van der Waals surface area contributed by atoms with Crippen LogP contribution in [0.4, 0.5) is 0 Å². The Balaban J connectivity index is 2.49. The third-order valence-electron chi connectivity index (χ3n) is 2.44. The van der Waals surface area contributed by atoms with E-state index in [1.54, 1.807) is 13.1 Å². The summed E-state index contributed by atoms with van der Waals surface area (Å²) >= 11 is 0. The molecule has 0 fully saturated rings. The molecule has 0 bridgehead atoms. The lowest BCUT2D eigenvalue weighted by atomic mass is 10.2. The Kier molecular flexibility index (Phi) is 2.87. The molecule has 5 heteroatoms. The number of nitrogens with one attached hydrogen (secondary N) is 2. The van der Waals surface area contributed by atoms with Gasteiger partial charge in [0.15, 0.2) is 5.82 Å². The smallest absolute Gasteiger partial charge is 0.254 e. The van der Waals surface area contributed by atoms with Gasteiger partial charge in [-0.2, -0.15) is 0 Å². The number of aliphatic hydroxyl groups excluding tert-OH is 1. The molecular weight excluding hydrogens is 206 g/mol. The molecule has 0 aliphatic rings. The molecule has 84 valence electrons. The van der Waals surface area contributed by atoms with Crippen molar-refractivity contribution in [1.82, 2.24) is 15.0 Å². The highest BCUT2D eigenvalue weighted by molar-refractivity contribution is 5.49. The second kappa shape index (κ2) is 4.32. The van der Waals surface area contributed by atoms with Gasteiger partial charge >= 0.3 is 0 Å². The molecule has 5 nitrogen and oxygen atoms in total. The SMILES string of the molecule is Cc1nc(-c2ccc[nH]2)[nH]c(=O)c1CCO. The van der Waals surface area contributed by atoms with Crippen molar-refractivity contribution in [3.63, 3.8) is 0 Å². The first-order valence-corrected chi connectivity index (χ1v) is 5.07. The van der Waals surface area contributed by atoms with Gasteiger partial charge in [-0.3, -0.25) is 4.79 Å². The molecular formula is C11H13N3O2. The quantitative estimate of drug-likeness (QED) is 0.707. The number of H-pyrrole nitrogens is 2. The lowest BCUT2D eigenvalue weighted by molar-refractivity contribution is 0.298. The lowest BCUT2D eigenvalue weighted by Gasteiger charge is -2.04. The Morgan fingerprint density at radius 1 is 1.50 bits per heavy atom. The van der Waals surface area contributed by atoms with Crippen molar-refractivity contribution in [2.45, 2.75) is 13.3 Å². The van der Waals surface area contributed by atoms with Crippen LogP contribution in [0.3, 0.4) is 0 Å². The number of aliphatic hydroxyl groups is 1. The topological polar surface area (TPSA) is 81.8 Å². The number of rotatable bonds is 3. The first-order valence-electron chi connectivity index (χ1n) is 5.07. The zero-order valence-corrected chi connectivity index (χ0v) is 8.95. The van der Waals surface area contributed by atoms with Crippen LogP contribution in [-0.4, -0.2) is 26.7 Å². The Morgan fingerprint density at radius 3 is 2.88 bits per heavy atom. The van der Waals surface area contributed by atoms with Crippen LogP contribution in [0.1, 0.15) is 11.3 Å². The maximum atomic E-state index is 11.7. The number of aryl methyl sites for hydroxylation is 1. The van der Waals surface area contributed by atoms with Gasteiger partial charge in [0.05, 0.1) is 5.69 Å². The highest BCUT2D eigenvalue weighted by Crippen LogP contribution is 2.11. The van der Waals surface area contributed by atoms with Gasteiger partial charge in [-0.25, -0.2) is 4.98 Å². The summed E-state index contributed by atoms with van der Waals surface area (Å²) in [5, 5.41) is 8.84. The summed E-state index contributed by atoms with van der Waals surface area (Å²) in [7, 11) is 0. The fraction of sp³-hybridized carbons (Fsp3) is 0.273. The number of aromatic amines is 2. The van der Waals surface area contributed by atoms with Crippen molar-refractivity contribution in [3.8, 4) is 11.5 Å². The van der Waals surface area contributed by atoms with Gasteiger partial charge in [0.25, 0.3) is 5.56 Å². The third-order valence-corrected chi connectivity index (χ3v) is 2.44. The second-order valence-electron chi connectivity index (χ2n) is 3.54. The molecule has 0 atom stereocenters. The monoisotopic (exact) mass is 219 g/mol. The Morgan fingerprint density at radius 2 is 2.31 bits per heavy atom. The molecule has 0 saturated heterocycles. The van der Waals surface area contributed by atoms with E-state index in [0.717, 1.165) is 5.69 Å². The van der Waals surface area contributed by atoms with E-state index in [1.165, 1.54) is 0 Å². The number of aromatic nitrogens is 3. The van der Waals surface area contributed by atoms with Gasteiger partial charge in [-0.15, -0.1) is 0 Å². The standard InChI is InChI=1S/C11H13N3O2/c1-7-8(4-6-15)11(16)14-10(13-7)9-3-2-5-12-9/h2-3,5,12,15H,4,6H2,1H3,(H,13,14,16). The first-order chi connectivity index (χ1) is 7.72. The molecule has 0 aromatic carbocycles. The normalized spacial score (nSPS) is 10.6. The van der Waals surface area contributed by atoms with Crippen molar-refractivity contribution in [2.75, 3.05) is 6.61 Å². The molecule has 0 radical (unpaired) electrons. The summed E-state index contributed by atoms with van der Waals surface area (Å²) in [6, 6.07) is 3.68. The van der Waals surface area contributed by atoms with E-state index in [2.05, 4.69) is 15.0 Å². The van der Waals surface area contributed by atoms with Gasteiger partial charge in [0, 0.05) is 30.5 Å². The molecule has 0 spiro atoms. The first kappa shape index (κ1) is 10.6. The molecule has 0 saturated carbocycles. The Hall–Kier alpha value is -1.88. The Labute approximate surface area is 92.2 Å². The Bertz CT molecular complexity index is 529. The molecule has 3 N–H and O–H groups in total. The molecule has 0 unspecified atom stereocenters. The van der Waals surface area contributed by atoms with Crippen LogP contribution in [0, 0.1) is 6.92 Å². The number of nitrogens with zero attached hydrogens (tertiary/aromatic N) is 1. The van der Waals surface area contributed by atoms with Gasteiger partial charge in [-0.05, 0) is 19.1 Å². The van der Waals surface area contributed by atoms with E-state index in [1.807, 2.05) is 12.1 Å². The van der Waals surface area contributed by atoms with Crippen molar-refractivity contribution >= 4 is 0 Å². The average molecular weight is 219 g/mol. The minimum Gasteiger partial charge on any atom is -0.396 e. The maximum Gasteiger partial charge on any atom is 0.254 e. The summed E-state index contributed by atoms with van der Waals surface area (Å²) in [6.07, 6.45) is 2.10. The zero-order chi connectivity index (χ0) is 11.5. The molecule has 0 aliphatic heterocycles. The highest BCUT2D eigenvalue weighted by atomic mass is 16.3. The van der Waals surface area contributed by atoms with Crippen molar-refractivity contribution < 1.29 is 5.11 Å². The third kappa shape index (κ3) is 1.90. The molecule has 0 aliphatic carbocycles. The summed E-state index contributed by atoms with van der Waals surface area (Å²) in [5.74, 6) is 0.522. The van der Waals surface area contributed by atoms with Gasteiger partial charge < -0.3 is 15.1 Å². The summed E-state index contributed by atoms with van der Waals surface area (Å²) in [6.45, 7) is 1.72. The van der Waals surface area contributed by atoms with Crippen LogP contribution in [-0.2, 0) is 6.42 Å². The largest absolute Gasteiger partial charge is 0.396 e. The predicted octanol–water partition coefficient (Wildman–Crippen LogP) is 0.608. The number of hydrogen-bond acceptors (Lipinski definition) is 3. The minimum atomic E-state index is -0.189. The minimum absolute atomic E-state index is 0.0482. The van der Waals surface area contributed by atoms with Crippen molar-refractivity contribution in [2.24, 2.45) is 0 Å². The van der Waals surface area contributed by atoms with Crippen LogP contribution in [0.5, 0.6) is 0 Å². The van der Waals surface area contributed by atoms with Crippen LogP contribution in [0.2, 0.25) is 0 Å². The summed E-state index contributed by atoms with van der Waals surface area (Å²) in [5.41, 5.74) is 1.78. The molecule has 2 rings (SSSR count). The van der Waals surface area contributed by atoms with Crippen molar-refractivity contribution in [1.29, 1.82) is 0 Å². The van der Waals surface area contributed by atoms with Gasteiger partial charge in [0.2, 0.25) is 0 Å². The number of hydrogen-bond donors (Lipinski definition) is 3. The fourth-order valence-electron chi connectivity index (χ4n) is 1.62. The zero-order valence-electron chi connectivity index (χ0n) is 8.95. The van der Waals surface area contributed by atoms with E-state index >= 15 is 0 Å². The van der Waals surface area contributed by atoms with Crippen LogP contribution in [0.25, 0.3) is 11.5 Å². The average Bonchev–Trinajstić information content (AvgIpc) is 2.76. The van der Waals surface area contributed by atoms with Gasteiger partial charge in [-0.1, -0.05) is 0 Å². The van der Waals surface area contributed by atoms with E-state index in [-0.39, 0.29) is 12.2 Å². The van der Waals surface area contributed by atoms with Crippen molar-refractivity contribution in [3.05, 3.63) is 39.9 Å². The molecule has 16 heavy (non-hydrogen) atoms. The maximum absolute atomic E-state index is 11.7.